The number of aliphatic hydroxyl groups excluding tert-OH is 1. The van der Waals surface area contributed by atoms with Gasteiger partial charge in [-0.25, -0.2) is 14.5 Å². The lowest BCUT2D eigenvalue weighted by Crippen LogP contribution is -2.22. The molecule has 0 aromatic carbocycles. The van der Waals surface area contributed by atoms with E-state index in [9.17, 15) is 5.11 Å². The van der Waals surface area contributed by atoms with Gasteiger partial charge in [0.05, 0.1) is 23.9 Å². The molecular weight excluding hydrogens is 428 g/mol. The lowest BCUT2D eigenvalue weighted by molar-refractivity contribution is -0.0295. The molecule has 0 spiro atoms. The summed E-state index contributed by atoms with van der Waals surface area (Å²) in [6, 6.07) is 6.36. The van der Waals surface area contributed by atoms with Gasteiger partial charge in [-0.3, -0.25) is 5.10 Å². The van der Waals surface area contributed by atoms with Gasteiger partial charge in [0, 0.05) is 47.5 Å². The maximum atomic E-state index is 9.92. The highest BCUT2D eigenvalue weighted by molar-refractivity contribution is 5.69. The lowest BCUT2D eigenvalue weighted by Gasteiger charge is -2.27. The van der Waals surface area contributed by atoms with Crippen molar-refractivity contribution < 1.29 is 9.84 Å². The van der Waals surface area contributed by atoms with E-state index >= 15 is 0 Å². The molecule has 0 unspecified atom stereocenters. The van der Waals surface area contributed by atoms with E-state index in [1.807, 2.05) is 35.5 Å². The van der Waals surface area contributed by atoms with Gasteiger partial charge in [-0.15, -0.1) is 0 Å². The van der Waals surface area contributed by atoms with Crippen molar-refractivity contribution in [2.24, 2.45) is 0 Å². The van der Waals surface area contributed by atoms with Crippen LogP contribution in [0.25, 0.3) is 16.6 Å². The Morgan fingerprint density at radius 3 is 2.53 bits per heavy atom. The van der Waals surface area contributed by atoms with E-state index in [4.69, 9.17) is 4.74 Å². The Bertz CT molecular complexity index is 1230. The first-order chi connectivity index (χ1) is 16.7. The van der Waals surface area contributed by atoms with E-state index in [2.05, 4.69) is 43.5 Å². The Kier molecular flexibility index (Phi) is 5.84. The van der Waals surface area contributed by atoms with Crippen LogP contribution >= 0.6 is 0 Å². The number of aliphatic hydroxyl groups is 1. The zero-order valence-corrected chi connectivity index (χ0v) is 19.2. The molecule has 34 heavy (non-hydrogen) atoms. The quantitative estimate of drug-likeness (QED) is 0.444. The number of nitrogens with zero attached hydrogens (tertiary/aromatic N) is 5. The monoisotopic (exact) mass is 458 g/mol. The number of nitrogens with one attached hydrogen (secondary N) is 1. The van der Waals surface area contributed by atoms with Gasteiger partial charge >= 0.3 is 0 Å². The first-order valence-electron chi connectivity index (χ1n) is 12.3. The fourth-order valence-electron chi connectivity index (χ4n) is 5.56. The second-order valence-electron chi connectivity index (χ2n) is 9.64. The third-order valence-corrected chi connectivity index (χ3v) is 7.56. The number of fused-ring (bicyclic) bond motifs is 1. The van der Waals surface area contributed by atoms with E-state index in [1.54, 1.807) is 0 Å². The van der Waals surface area contributed by atoms with Crippen LogP contribution in [0.3, 0.4) is 0 Å². The molecule has 2 aliphatic carbocycles. The topological polar surface area (TPSA) is 101 Å². The summed E-state index contributed by atoms with van der Waals surface area (Å²) in [6.45, 7) is 0.328. The van der Waals surface area contributed by atoms with Crippen LogP contribution < -0.4 is 0 Å². The average Bonchev–Trinajstić information content (AvgIpc) is 3.64. The molecule has 8 heteroatoms. The minimum atomic E-state index is -0.364. The highest BCUT2D eigenvalue weighted by atomic mass is 16.5. The minimum Gasteiger partial charge on any atom is -0.390 e. The predicted molar refractivity (Wildman–Crippen MR) is 127 cm³/mol. The van der Waals surface area contributed by atoms with Crippen molar-refractivity contribution in [2.45, 2.75) is 75.6 Å². The highest BCUT2D eigenvalue weighted by Crippen LogP contribution is 2.41. The molecule has 0 aliphatic heterocycles. The van der Waals surface area contributed by atoms with Gasteiger partial charge in [0.2, 0.25) is 0 Å². The fraction of sp³-hybridized carbons (Fsp3) is 0.462. The van der Waals surface area contributed by atoms with Crippen LogP contribution in [0.5, 0.6) is 0 Å². The second kappa shape index (κ2) is 9.27. The Morgan fingerprint density at radius 1 is 0.971 bits per heavy atom. The molecule has 0 bridgehead atoms. The van der Waals surface area contributed by atoms with Crippen molar-refractivity contribution >= 4 is 5.52 Å². The summed E-state index contributed by atoms with van der Waals surface area (Å²) in [4.78, 5) is 9.01. The van der Waals surface area contributed by atoms with Gasteiger partial charge < -0.3 is 9.84 Å². The number of hydrogen-bond donors (Lipinski definition) is 2. The van der Waals surface area contributed by atoms with Crippen molar-refractivity contribution in [1.82, 2.24) is 29.8 Å². The van der Waals surface area contributed by atoms with Gasteiger partial charge in [-0.05, 0) is 74.6 Å². The van der Waals surface area contributed by atoms with Crippen LogP contribution in [0, 0.1) is 0 Å². The molecule has 2 fully saturated rings. The number of H-pyrrole nitrogens is 1. The highest BCUT2D eigenvalue weighted by Gasteiger charge is 2.27. The number of pyridine rings is 1. The van der Waals surface area contributed by atoms with Crippen LogP contribution in [-0.2, 0) is 11.3 Å². The summed E-state index contributed by atoms with van der Waals surface area (Å²) < 4.78 is 7.78. The number of aromatic amines is 1. The maximum Gasteiger partial charge on any atom is 0.153 e. The summed E-state index contributed by atoms with van der Waals surface area (Å²) in [5.74, 6) is 1.74. The van der Waals surface area contributed by atoms with Gasteiger partial charge in [-0.1, -0.05) is 0 Å². The average molecular weight is 459 g/mol. The number of ether oxygens (including phenoxy) is 1. The van der Waals surface area contributed by atoms with Crippen molar-refractivity contribution in [1.29, 1.82) is 0 Å². The molecule has 4 aromatic heterocycles. The predicted octanol–water partition coefficient (Wildman–Crippen LogP) is 4.39. The lowest BCUT2D eigenvalue weighted by atomic mass is 9.78. The summed E-state index contributed by atoms with van der Waals surface area (Å²) >= 11 is 0. The minimum absolute atomic E-state index is 0.0967. The van der Waals surface area contributed by atoms with Crippen LogP contribution in [0.4, 0.5) is 0 Å². The zero-order chi connectivity index (χ0) is 22.9. The van der Waals surface area contributed by atoms with Gasteiger partial charge in [-0.2, -0.15) is 10.2 Å². The molecule has 2 N–H and O–H groups in total. The molecule has 2 aliphatic rings. The molecule has 0 saturated heterocycles. The molecule has 2 atom stereocenters. The fourth-order valence-corrected chi connectivity index (χ4v) is 5.56. The smallest absolute Gasteiger partial charge is 0.153 e. The first-order valence-corrected chi connectivity index (χ1v) is 12.3. The van der Waals surface area contributed by atoms with Crippen LogP contribution in [-0.4, -0.2) is 47.1 Å². The van der Waals surface area contributed by atoms with E-state index in [-0.39, 0.29) is 12.2 Å². The third-order valence-electron chi connectivity index (χ3n) is 7.56. The number of rotatable bonds is 6. The van der Waals surface area contributed by atoms with E-state index in [0.717, 1.165) is 48.7 Å². The Morgan fingerprint density at radius 2 is 1.79 bits per heavy atom. The standard InChI is InChI=1S/C26H30N6O2/c33-24-2-1-3-25(24)34-16-26-27-13-20(14-28-26)19-9-11-32-23(12-19)21(15-30-32)17-4-6-18(7-5-17)22-8-10-29-31-22/h8-15,17-18,24-25,33H,1-7,16H2,(H,29,31)/t17?,18?,24-,25-/m0/s1. The molecule has 4 heterocycles. The zero-order valence-electron chi connectivity index (χ0n) is 19.2. The van der Waals surface area contributed by atoms with E-state index in [1.165, 1.54) is 24.1 Å². The normalized spacial score (nSPS) is 25.2. The van der Waals surface area contributed by atoms with Crippen LogP contribution in [0.1, 0.15) is 73.9 Å². The van der Waals surface area contributed by atoms with Crippen molar-refractivity contribution in [2.75, 3.05) is 0 Å². The molecule has 8 nitrogen and oxygen atoms in total. The first kappa shape index (κ1) is 21.4. The molecular formula is C26H30N6O2. The summed E-state index contributed by atoms with van der Waals surface area (Å²) in [5.41, 5.74) is 5.80. The van der Waals surface area contributed by atoms with Crippen molar-refractivity contribution in [3.05, 3.63) is 66.3 Å². The second-order valence-corrected chi connectivity index (χ2v) is 9.64. The molecule has 6 rings (SSSR count). The van der Waals surface area contributed by atoms with Crippen LogP contribution in [0.15, 0.2) is 49.2 Å². The summed E-state index contributed by atoms with van der Waals surface area (Å²) in [6.07, 6.45) is 16.5. The molecule has 4 aromatic rings. The largest absolute Gasteiger partial charge is 0.390 e. The van der Waals surface area contributed by atoms with Gasteiger partial charge in [0.15, 0.2) is 5.82 Å². The SMILES string of the molecule is O[C@H]1CCC[C@@H]1OCc1ncc(-c2ccn3ncc(C4CCC(c5ccn[nH]5)CC4)c3c2)cn1. The van der Waals surface area contributed by atoms with E-state index in [0.29, 0.717) is 24.3 Å². The molecule has 0 amide bonds. The number of aromatic nitrogens is 6. The third kappa shape index (κ3) is 4.23. The number of hydrogen-bond acceptors (Lipinski definition) is 6. The van der Waals surface area contributed by atoms with Gasteiger partial charge in [0.25, 0.3) is 0 Å². The molecule has 176 valence electrons. The molecule has 2 saturated carbocycles. The molecule has 0 radical (unpaired) electrons. The Balaban J connectivity index is 1.16. The van der Waals surface area contributed by atoms with Crippen molar-refractivity contribution in [3.63, 3.8) is 0 Å². The maximum absolute atomic E-state index is 9.92. The van der Waals surface area contributed by atoms with Gasteiger partial charge in [0.1, 0.15) is 6.61 Å². The summed E-state index contributed by atoms with van der Waals surface area (Å²) in [7, 11) is 0. The van der Waals surface area contributed by atoms with E-state index < -0.39 is 0 Å². The Hall–Kier alpha value is -3.10. The Labute approximate surface area is 198 Å². The van der Waals surface area contributed by atoms with Crippen LogP contribution in [0.2, 0.25) is 0 Å². The van der Waals surface area contributed by atoms with Crippen molar-refractivity contribution in [3.8, 4) is 11.1 Å². The summed E-state index contributed by atoms with van der Waals surface area (Å²) in [5, 5.41) is 21.8.